The second-order valence-corrected chi connectivity index (χ2v) is 6.71. The van der Waals surface area contributed by atoms with E-state index < -0.39 is 20.5 Å². The highest BCUT2D eigenvalue weighted by Crippen LogP contribution is 2.26. The van der Waals surface area contributed by atoms with Gasteiger partial charge in [-0.2, -0.15) is 8.78 Å². The van der Waals surface area contributed by atoms with Gasteiger partial charge in [0.05, 0.1) is 10.6 Å². The third-order valence-electron chi connectivity index (χ3n) is 3.04. The third-order valence-corrected chi connectivity index (χ3v) is 4.48. The first kappa shape index (κ1) is 15.7. The van der Waals surface area contributed by atoms with Crippen molar-refractivity contribution >= 4 is 21.4 Å². The van der Waals surface area contributed by atoms with Crippen LogP contribution in [0.4, 0.5) is 14.5 Å². The van der Waals surface area contributed by atoms with Crippen molar-refractivity contribution in [3.63, 3.8) is 0 Å². The van der Waals surface area contributed by atoms with Crippen molar-refractivity contribution in [3.8, 4) is 0 Å². The maximum atomic E-state index is 12.6. The number of hydrogen-bond donors (Lipinski definition) is 2. The number of nitrogens with one attached hydrogen (secondary N) is 2. The molecule has 1 amide bonds. The van der Waals surface area contributed by atoms with Crippen LogP contribution in [0.5, 0.6) is 0 Å². The molecule has 1 aliphatic rings. The third kappa shape index (κ3) is 4.13. The summed E-state index contributed by atoms with van der Waals surface area (Å²) < 4.78 is 48.3. The monoisotopic (exact) mass is 318 g/mol. The summed E-state index contributed by atoms with van der Waals surface area (Å²) in [6.45, 7) is 0.175. The van der Waals surface area contributed by atoms with Crippen LogP contribution in [0, 0.1) is 0 Å². The minimum atomic E-state index is -4.66. The molecule has 0 bridgehead atoms. The number of benzene rings is 1. The number of anilines is 1. The normalized spacial score (nSPS) is 15.0. The predicted molar refractivity (Wildman–Crippen MR) is 73.9 cm³/mol. The van der Waals surface area contributed by atoms with E-state index in [9.17, 15) is 22.0 Å². The number of rotatable bonds is 7. The molecule has 21 heavy (non-hydrogen) atoms. The maximum Gasteiger partial charge on any atom is 0.341 e. The lowest BCUT2D eigenvalue weighted by Gasteiger charge is -2.12. The number of carbonyl (C=O) groups excluding carboxylic acids is 1. The van der Waals surface area contributed by atoms with E-state index in [4.69, 9.17) is 0 Å². The molecule has 0 radical (unpaired) electrons. The van der Waals surface area contributed by atoms with Gasteiger partial charge in [-0.25, -0.2) is 8.42 Å². The van der Waals surface area contributed by atoms with Gasteiger partial charge in [0.25, 0.3) is 0 Å². The molecule has 0 aromatic heterocycles. The first-order valence-corrected chi connectivity index (χ1v) is 8.10. The van der Waals surface area contributed by atoms with Crippen molar-refractivity contribution in [1.82, 2.24) is 5.32 Å². The average molecular weight is 318 g/mol. The SMILES string of the molecule is O=C(CCNc1ccccc1S(=O)(=O)C(F)F)NC1CC1. The summed E-state index contributed by atoms with van der Waals surface area (Å²) >= 11 is 0. The van der Waals surface area contributed by atoms with Crippen LogP contribution in [-0.2, 0) is 14.6 Å². The van der Waals surface area contributed by atoms with Crippen LogP contribution in [-0.4, -0.2) is 32.7 Å². The fraction of sp³-hybridized carbons (Fsp3) is 0.462. The summed E-state index contributed by atoms with van der Waals surface area (Å²) in [7, 11) is -4.66. The van der Waals surface area contributed by atoms with Crippen LogP contribution >= 0.6 is 0 Å². The van der Waals surface area contributed by atoms with Gasteiger partial charge in [0.2, 0.25) is 15.7 Å². The van der Waals surface area contributed by atoms with Gasteiger partial charge in [-0.1, -0.05) is 12.1 Å². The zero-order valence-corrected chi connectivity index (χ0v) is 12.0. The summed E-state index contributed by atoms with van der Waals surface area (Å²) in [5, 5.41) is 5.51. The number of amides is 1. The molecule has 8 heteroatoms. The van der Waals surface area contributed by atoms with Gasteiger partial charge in [0, 0.05) is 19.0 Å². The predicted octanol–water partition coefficient (Wildman–Crippen LogP) is 1.76. The Labute approximate surface area is 121 Å². The summed E-state index contributed by atoms with van der Waals surface area (Å²) in [6, 6.07) is 5.68. The van der Waals surface area contributed by atoms with Crippen molar-refractivity contribution in [3.05, 3.63) is 24.3 Å². The average Bonchev–Trinajstić information content (AvgIpc) is 3.23. The summed E-state index contributed by atoms with van der Waals surface area (Å²) in [5.74, 6) is -3.61. The molecule has 0 atom stereocenters. The van der Waals surface area contributed by atoms with Crippen LogP contribution in [0.3, 0.4) is 0 Å². The largest absolute Gasteiger partial charge is 0.383 e. The number of alkyl halides is 2. The molecule has 1 saturated carbocycles. The van der Waals surface area contributed by atoms with Gasteiger partial charge in [-0.05, 0) is 25.0 Å². The standard InChI is InChI=1S/C13H16F2N2O3S/c14-13(15)21(19,20)11-4-2-1-3-10(11)16-8-7-12(18)17-9-5-6-9/h1-4,9,13,16H,5-8H2,(H,17,18). The van der Waals surface area contributed by atoms with Gasteiger partial charge in [-0.3, -0.25) is 4.79 Å². The lowest BCUT2D eigenvalue weighted by molar-refractivity contribution is -0.120. The number of sulfone groups is 1. The highest BCUT2D eigenvalue weighted by Gasteiger charge is 2.29. The van der Waals surface area contributed by atoms with E-state index in [-0.39, 0.29) is 30.6 Å². The summed E-state index contributed by atoms with van der Waals surface area (Å²) in [6.07, 6.45) is 2.11. The summed E-state index contributed by atoms with van der Waals surface area (Å²) in [5.41, 5.74) is 0.0806. The van der Waals surface area contributed by atoms with Gasteiger partial charge < -0.3 is 10.6 Å². The van der Waals surface area contributed by atoms with Crippen molar-refractivity contribution in [2.45, 2.75) is 36.0 Å². The zero-order valence-electron chi connectivity index (χ0n) is 11.2. The Morgan fingerprint density at radius 3 is 2.57 bits per heavy atom. The van der Waals surface area contributed by atoms with Crippen molar-refractivity contribution in [1.29, 1.82) is 0 Å². The lowest BCUT2D eigenvalue weighted by atomic mass is 10.3. The van der Waals surface area contributed by atoms with E-state index in [1.54, 1.807) is 0 Å². The van der Waals surface area contributed by atoms with Crippen molar-refractivity contribution in [2.75, 3.05) is 11.9 Å². The van der Waals surface area contributed by atoms with E-state index in [0.29, 0.717) is 0 Å². The maximum absolute atomic E-state index is 12.6. The zero-order chi connectivity index (χ0) is 15.5. The fourth-order valence-corrected chi connectivity index (χ4v) is 2.70. The molecular weight excluding hydrogens is 302 g/mol. The summed E-state index contributed by atoms with van der Waals surface area (Å²) in [4.78, 5) is 11.0. The van der Waals surface area contributed by atoms with E-state index in [1.165, 1.54) is 18.2 Å². The lowest BCUT2D eigenvalue weighted by Crippen LogP contribution is -2.27. The minimum Gasteiger partial charge on any atom is -0.383 e. The highest BCUT2D eigenvalue weighted by molar-refractivity contribution is 7.91. The Balaban J connectivity index is 1.98. The molecule has 0 heterocycles. The Kier molecular flexibility index (Phi) is 4.76. The molecule has 116 valence electrons. The van der Waals surface area contributed by atoms with Crippen LogP contribution in [0.15, 0.2) is 29.2 Å². The molecule has 0 aliphatic heterocycles. The Bertz CT molecular complexity index is 616. The molecule has 1 aliphatic carbocycles. The first-order valence-electron chi connectivity index (χ1n) is 6.55. The number of halogens is 2. The smallest absolute Gasteiger partial charge is 0.341 e. The molecule has 1 fully saturated rings. The Morgan fingerprint density at radius 1 is 1.29 bits per heavy atom. The first-order chi connectivity index (χ1) is 9.91. The van der Waals surface area contributed by atoms with Crippen LogP contribution < -0.4 is 10.6 Å². The van der Waals surface area contributed by atoms with E-state index >= 15 is 0 Å². The molecule has 2 N–H and O–H groups in total. The molecule has 0 saturated heterocycles. The molecule has 0 unspecified atom stereocenters. The van der Waals surface area contributed by atoms with Gasteiger partial charge in [0.1, 0.15) is 0 Å². The van der Waals surface area contributed by atoms with Gasteiger partial charge in [0.15, 0.2) is 0 Å². The fourth-order valence-electron chi connectivity index (χ4n) is 1.79. The van der Waals surface area contributed by atoms with Gasteiger partial charge in [-0.15, -0.1) is 0 Å². The minimum absolute atomic E-state index is 0.0806. The second kappa shape index (κ2) is 6.38. The van der Waals surface area contributed by atoms with Gasteiger partial charge >= 0.3 is 5.76 Å². The van der Waals surface area contributed by atoms with Crippen molar-refractivity contribution in [2.24, 2.45) is 0 Å². The molecule has 0 spiro atoms. The van der Waals surface area contributed by atoms with Crippen LogP contribution in [0.1, 0.15) is 19.3 Å². The van der Waals surface area contributed by atoms with E-state index in [1.807, 2.05) is 0 Å². The van der Waals surface area contributed by atoms with E-state index in [0.717, 1.165) is 18.9 Å². The molecular formula is C13H16F2N2O3S. The highest BCUT2D eigenvalue weighted by atomic mass is 32.2. The van der Waals surface area contributed by atoms with Crippen LogP contribution in [0.2, 0.25) is 0 Å². The molecule has 5 nitrogen and oxygen atoms in total. The second-order valence-electron chi connectivity index (χ2n) is 4.82. The Hall–Kier alpha value is -1.70. The number of para-hydroxylation sites is 1. The quantitative estimate of drug-likeness (QED) is 0.803. The van der Waals surface area contributed by atoms with Crippen LogP contribution in [0.25, 0.3) is 0 Å². The topological polar surface area (TPSA) is 75.3 Å². The molecule has 1 aromatic rings. The Morgan fingerprint density at radius 2 is 1.95 bits per heavy atom. The molecule has 2 rings (SSSR count). The number of hydrogen-bond acceptors (Lipinski definition) is 4. The number of carbonyl (C=O) groups is 1. The van der Waals surface area contributed by atoms with E-state index in [2.05, 4.69) is 10.6 Å². The van der Waals surface area contributed by atoms with Crippen molar-refractivity contribution < 1.29 is 22.0 Å². The molecule has 1 aromatic carbocycles.